The van der Waals surface area contributed by atoms with Gasteiger partial charge in [-0.15, -0.1) is 0 Å². The van der Waals surface area contributed by atoms with Crippen molar-refractivity contribution in [2.45, 2.75) is 19.8 Å². The van der Waals surface area contributed by atoms with Crippen molar-refractivity contribution in [3.05, 3.63) is 17.7 Å². The number of nitrogens with zero attached hydrogens (tertiary/aromatic N) is 1. The molecule has 1 aromatic rings. The molecule has 1 aliphatic rings. The van der Waals surface area contributed by atoms with Gasteiger partial charge >= 0.3 is 0 Å². The maximum absolute atomic E-state index is 11.5. The molecule has 0 saturated heterocycles. The lowest BCUT2D eigenvalue weighted by molar-refractivity contribution is -0.120. The number of amides is 1. The first-order chi connectivity index (χ1) is 7.50. The first-order valence-electron chi connectivity index (χ1n) is 5.33. The molecule has 0 fully saturated rings. The average molecular weight is 220 g/mol. The Kier molecular flexibility index (Phi) is 2.50. The number of carbonyl (C=O) groups excluding carboxylic acids is 1. The van der Waals surface area contributed by atoms with Crippen LogP contribution in [0.25, 0.3) is 0 Å². The van der Waals surface area contributed by atoms with Crippen LogP contribution in [0, 0.1) is 0 Å². The van der Waals surface area contributed by atoms with Gasteiger partial charge < -0.3 is 15.4 Å². The quantitative estimate of drug-likeness (QED) is 0.733. The third kappa shape index (κ3) is 1.60. The Morgan fingerprint density at radius 1 is 1.44 bits per heavy atom. The van der Waals surface area contributed by atoms with E-state index < -0.39 is 0 Å². The predicted molar refractivity (Wildman–Crippen MR) is 63.8 cm³/mol. The molecular formula is C12H16N2O2. The molecule has 0 aromatic heterocycles. The van der Waals surface area contributed by atoms with Crippen molar-refractivity contribution in [2.75, 3.05) is 24.3 Å². The van der Waals surface area contributed by atoms with Crippen LogP contribution in [-0.2, 0) is 4.79 Å². The van der Waals surface area contributed by atoms with Crippen LogP contribution < -0.4 is 15.4 Å². The highest BCUT2D eigenvalue weighted by Crippen LogP contribution is 2.39. The van der Waals surface area contributed by atoms with Crippen LogP contribution in [0.4, 0.5) is 11.4 Å². The van der Waals surface area contributed by atoms with Gasteiger partial charge in [-0.1, -0.05) is 13.8 Å². The van der Waals surface area contributed by atoms with Crippen LogP contribution in [-0.4, -0.2) is 19.6 Å². The van der Waals surface area contributed by atoms with E-state index in [9.17, 15) is 4.79 Å². The van der Waals surface area contributed by atoms with Crippen molar-refractivity contribution in [1.82, 2.24) is 0 Å². The molecule has 1 aliphatic heterocycles. The molecule has 0 atom stereocenters. The molecule has 0 bridgehead atoms. The normalized spacial score (nSPS) is 15.0. The van der Waals surface area contributed by atoms with Gasteiger partial charge in [-0.2, -0.15) is 0 Å². The molecule has 0 aliphatic carbocycles. The maximum atomic E-state index is 11.5. The van der Waals surface area contributed by atoms with E-state index in [0.717, 1.165) is 5.56 Å². The third-order valence-electron chi connectivity index (χ3n) is 2.85. The number of rotatable bonds is 1. The molecule has 1 aromatic carbocycles. The Balaban J connectivity index is 2.54. The summed E-state index contributed by atoms with van der Waals surface area (Å²) < 4.78 is 5.41. The number of hydrogen-bond donors (Lipinski definition) is 1. The Morgan fingerprint density at radius 2 is 2.12 bits per heavy atom. The summed E-state index contributed by atoms with van der Waals surface area (Å²) in [6, 6.07) is 3.86. The summed E-state index contributed by atoms with van der Waals surface area (Å²) in [5, 5.41) is 0. The van der Waals surface area contributed by atoms with E-state index in [0.29, 0.717) is 23.0 Å². The molecule has 0 unspecified atom stereocenters. The zero-order valence-electron chi connectivity index (χ0n) is 9.78. The number of nitrogen functional groups attached to an aromatic ring is 1. The fourth-order valence-corrected chi connectivity index (χ4v) is 1.81. The second-order valence-corrected chi connectivity index (χ2v) is 4.35. The van der Waals surface area contributed by atoms with Crippen LogP contribution in [0.3, 0.4) is 0 Å². The van der Waals surface area contributed by atoms with Gasteiger partial charge in [0.2, 0.25) is 0 Å². The van der Waals surface area contributed by atoms with Gasteiger partial charge in [-0.05, 0) is 23.6 Å². The smallest absolute Gasteiger partial charge is 0.264 e. The summed E-state index contributed by atoms with van der Waals surface area (Å²) in [7, 11) is 1.72. The van der Waals surface area contributed by atoms with Gasteiger partial charge in [0.15, 0.2) is 6.61 Å². The molecule has 1 heterocycles. The van der Waals surface area contributed by atoms with Crippen molar-refractivity contribution in [2.24, 2.45) is 0 Å². The standard InChI is InChI=1S/C12H16N2O2/c1-7(2)8-4-9(13)12-10(5-8)16-6-11(15)14(12)3/h4-5,7H,6,13H2,1-3H3. The third-order valence-corrected chi connectivity index (χ3v) is 2.85. The molecule has 4 nitrogen and oxygen atoms in total. The number of likely N-dealkylation sites (N-methyl/N-ethyl adjacent to an activating group) is 1. The zero-order valence-corrected chi connectivity index (χ0v) is 9.78. The number of benzene rings is 1. The molecule has 0 saturated carbocycles. The predicted octanol–water partition coefficient (Wildman–Crippen LogP) is 1.75. The molecule has 0 radical (unpaired) electrons. The fraction of sp³-hybridized carbons (Fsp3) is 0.417. The van der Waals surface area contributed by atoms with Crippen molar-refractivity contribution >= 4 is 17.3 Å². The van der Waals surface area contributed by atoms with E-state index in [-0.39, 0.29) is 12.5 Å². The molecule has 16 heavy (non-hydrogen) atoms. The highest BCUT2D eigenvalue weighted by atomic mass is 16.5. The van der Waals surface area contributed by atoms with Crippen molar-refractivity contribution in [3.63, 3.8) is 0 Å². The Hall–Kier alpha value is -1.71. The van der Waals surface area contributed by atoms with E-state index in [1.165, 1.54) is 0 Å². The lowest BCUT2D eigenvalue weighted by Gasteiger charge is -2.28. The van der Waals surface area contributed by atoms with E-state index in [2.05, 4.69) is 13.8 Å². The van der Waals surface area contributed by atoms with Gasteiger partial charge in [0.05, 0.1) is 5.69 Å². The topological polar surface area (TPSA) is 55.6 Å². The van der Waals surface area contributed by atoms with E-state index >= 15 is 0 Å². The van der Waals surface area contributed by atoms with Gasteiger partial charge in [-0.3, -0.25) is 4.79 Å². The summed E-state index contributed by atoms with van der Waals surface area (Å²) >= 11 is 0. The molecule has 0 spiro atoms. The van der Waals surface area contributed by atoms with Crippen LogP contribution >= 0.6 is 0 Å². The summed E-state index contributed by atoms with van der Waals surface area (Å²) in [5.74, 6) is 1.02. The highest BCUT2D eigenvalue weighted by Gasteiger charge is 2.25. The van der Waals surface area contributed by atoms with E-state index in [4.69, 9.17) is 10.5 Å². The van der Waals surface area contributed by atoms with Gasteiger partial charge in [0.25, 0.3) is 5.91 Å². The summed E-state index contributed by atoms with van der Waals surface area (Å²) in [4.78, 5) is 13.0. The Labute approximate surface area is 95.0 Å². The van der Waals surface area contributed by atoms with Crippen molar-refractivity contribution in [3.8, 4) is 5.75 Å². The van der Waals surface area contributed by atoms with Crippen LogP contribution in [0.1, 0.15) is 25.3 Å². The van der Waals surface area contributed by atoms with Crippen molar-refractivity contribution in [1.29, 1.82) is 0 Å². The summed E-state index contributed by atoms with van der Waals surface area (Å²) in [6.07, 6.45) is 0. The van der Waals surface area contributed by atoms with Crippen LogP contribution in [0.15, 0.2) is 12.1 Å². The minimum atomic E-state index is -0.0727. The number of anilines is 2. The molecule has 2 rings (SSSR count). The first kappa shape index (κ1) is 10.8. The minimum absolute atomic E-state index is 0.0727. The average Bonchev–Trinajstić information content (AvgIpc) is 2.22. The van der Waals surface area contributed by atoms with E-state index in [1.54, 1.807) is 11.9 Å². The number of carbonyl (C=O) groups is 1. The molecule has 4 heteroatoms. The van der Waals surface area contributed by atoms with Crippen molar-refractivity contribution < 1.29 is 9.53 Å². The van der Waals surface area contributed by atoms with Gasteiger partial charge in [0, 0.05) is 7.05 Å². The lowest BCUT2D eigenvalue weighted by Crippen LogP contribution is -2.36. The SMILES string of the molecule is CC(C)c1cc(N)c2c(c1)OCC(=O)N2C. The number of nitrogens with two attached hydrogens (primary N) is 1. The molecule has 1 amide bonds. The number of ether oxygens (including phenoxy) is 1. The van der Waals surface area contributed by atoms with E-state index in [1.807, 2.05) is 12.1 Å². The number of hydrogen-bond acceptors (Lipinski definition) is 3. The largest absolute Gasteiger partial charge is 0.481 e. The highest BCUT2D eigenvalue weighted by molar-refractivity contribution is 6.00. The first-order valence-corrected chi connectivity index (χ1v) is 5.33. The lowest BCUT2D eigenvalue weighted by atomic mass is 10.0. The minimum Gasteiger partial charge on any atom is -0.481 e. The summed E-state index contributed by atoms with van der Waals surface area (Å²) in [6.45, 7) is 4.28. The number of fused-ring (bicyclic) bond motifs is 1. The molecular weight excluding hydrogens is 204 g/mol. The maximum Gasteiger partial charge on any atom is 0.264 e. The van der Waals surface area contributed by atoms with Gasteiger partial charge in [-0.25, -0.2) is 0 Å². The molecule has 86 valence electrons. The fourth-order valence-electron chi connectivity index (χ4n) is 1.81. The second-order valence-electron chi connectivity index (χ2n) is 4.35. The van der Waals surface area contributed by atoms with Crippen LogP contribution in [0.5, 0.6) is 5.75 Å². The van der Waals surface area contributed by atoms with Crippen LogP contribution in [0.2, 0.25) is 0 Å². The monoisotopic (exact) mass is 220 g/mol. The Bertz CT molecular complexity index is 441. The zero-order chi connectivity index (χ0) is 11.9. The van der Waals surface area contributed by atoms with Gasteiger partial charge in [0.1, 0.15) is 11.4 Å². The molecule has 2 N–H and O–H groups in total. The summed E-state index contributed by atoms with van der Waals surface area (Å²) in [5.41, 5.74) is 8.36. The Morgan fingerprint density at radius 3 is 2.75 bits per heavy atom. The second kappa shape index (κ2) is 3.70.